The minimum absolute atomic E-state index is 0.138. The van der Waals surface area contributed by atoms with Crippen LogP contribution >= 0.6 is 0 Å². The Labute approximate surface area is 275 Å². The van der Waals surface area contributed by atoms with Crippen LogP contribution in [-0.2, 0) is 4.79 Å². The Hall–Kier alpha value is -3.68. The molecule has 0 fully saturated rings. The molecule has 1 atom stereocenters. The molecule has 0 aliphatic heterocycles. The molecule has 0 heterocycles. The van der Waals surface area contributed by atoms with Crippen molar-refractivity contribution in [3.8, 4) is 0 Å². The number of hydrogen-bond donors (Lipinski definition) is 1. The number of alkyl halides is 25. The van der Waals surface area contributed by atoms with Gasteiger partial charge in [0.15, 0.2) is 0 Å². The molecule has 1 unspecified atom stereocenters. The van der Waals surface area contributed by atoms with Crippen LogP contribution in [-0.4, -0.2) is 89.4 Å². The summed E-state index contributed by atoms with van der Waals surface area (Å²) in [7, 11) is 0. The normalized spacial score (nSPS) is 15.9. The molecule has 29 heteroatoms. The highest BCUT2D eigenvalue weighted by molar-refractivity contribution is 5.99. The molecule has 0 spiro atoms. The van der Waals surface area contributed by atoms with Gasteiger partial charge in [0, 0.05) is 12.5 Å². The second-order valence-electron chi connectivity index (χ2n) is 10.7. The minimum atomic E-state index is -9.67. The van der Waals surface area contributed by atoms with Gasteiger partial charge in [-0.15, -0.1) is 0 Å². The molecule has 0 bridgehead atoms. The molecule has 4 nitrogen and oxygen atoms in total. The molecular formula is C24H13F25N2O2. The summed E-state index contributed by atoms with van der Waals surface area (Å²) in [5, 5.41) is 1.29. The number of nitrogens with zero attached hydrogens (tertiary/aromatic N) is 1. The van der Waals surface area contributed by atoms with Crippen LogP contribution in [0.2, 0.25) is 0 Å². The van der Waals surface area contributed by atoms with Crippen LogP contribution in [0.3, 0.4) is 0 Å². The first-order valence-corrected chi connectivity index (χ1v) is 12.7. The first-order valence-electron chi connectivity index (χ1n) is 12.7. The fourth-order valence-electron chi connectivity index (χ4n) is 3.83. The molecule has 1 rings (SSSR count). The predicted octanol–water partition coefficient (Wildman–Crippen LogP) is 10.0. The summed E-state index contributed by atoms with van der Waals surface area (Å²) < 4.78 is 341. The fourth-order valence-corrected chi connectivity index (χ4v) is 3.83. The highest BCUT2D eigenvalue weighted by Crippen LogP contribution is 2.68. The third-order valence-electron chi connectivity index (χ3n) is 6.87. The Morgan fingerprint density at radius 2 is 0.906 bits per heavy atom. The molecule has 306 valence electrons. The van der Waals surface area contributed by atoms with Crippen molar-refractivity contribution >= 4 is 17.7 Å². The molecule has 0 aromatic heterocycles. The number of benzene rings is 1. The van der Waals surface area contributed by atoms with Crippen molar-refractivity contribution in [1.29, 1.82) is 0 Å². The number of hydrogen-bond acceptors (Lipinski definition) is 3. The second-order valence-corrected chi connectivity index (χ2v) is 10.7. The lowest BCUT2D eigenvalue weighted by atomic mass is 9.84. The van der Waals surface area contributed by atoms with Crippen LogP contribution in [0.1, 0.15) is 29.3 Å². The zero-order valence-corrected chi connectivity index (χ0v) is 24.7. The quantitative estimate of drug-likeness (QED) is 0.109. The number of carbonyl (C=O) groups excluding carboxylic acids is 2. The van der Waals surface area contributed by atoms with E-state index in [0.717, 1.165) is 24.3 Å². The molecule has 0 aliphatic rings. The molecule has 0 radical (unpaired) electrons. The summed E-state index contributed by atoms with van der Waals surface area (Å²) in [6.07, 6.45) is -10.5. The van der Waals surface area contributed by atoms with Gasteiger partial charge < -0.3 is 5.32 Å². The van der Waals surface area contributed by atoms with Crippen LogP contribution in [0.15, 0.2) is 23.2 Å². The van der Waals surface area contributed by atoms with E-state index in [9.17, 15) is 119 Å². The number of nitrogens with one attached hydrogen (secondary N) is 1. The van der Waals surface area contributed by atoms with E-state index in [1.807, 2.05) is 0 Å². The molecule has 0 saturated carbocycles. The molecular weight excluding hydrogens is 823 g/mol. The average molecular weight is 836 g/mol. The molecule has 53 heavy (non-hydrogen) atoms. The minimum Gasteiger partial charge on any atom is -0.349 e. The van der Waals surface area contributed by atoms with E-state index in [4.69, 9.17) is 0 Å². The van der Waals surface area contributed by atoms with Crippen molar-refractivity contribution < 1.29 is 119 Å². The lowest BCUT2D eigenvalue weighted by Crippen LogP contribution is -2.78. The first-order chi connectivity index (χ1) is 23.0. The summed E-state index contributed by atoms with van der Waals surface area (Å²) >= 11 is 0. The summed E-state index contributed by atoms with van der Waals surface area (Å²) in [5.41, 5.74) is -1.24. The molecule has 1 aromatic rings. The smallest absolute Gasteiger partial charge is 0.349 e. The number of aliphatic imine (C=N–C) groups is 1. The topological polar surface area (TPSA) is 58.5 Å². The van der Waals surface area contributed by atoms with Gasteiger partial charge in [0.2, 0.25) is 6.08 Å². The van der Waals surface area contributed by atoms with Crippen molar-refractivity contribution in [1.82, 2.24) is 5.32 Å². The van der Waals surface area contributed by atoms with Crippen LogP contribution in [0.4, 0.5) is 115 Å². The number of aryl methyl sites for hydroxylation is 1. The SMILES string of the molecule is Cc1ccc(C(=O)NC(C)CC(F)(F)C(F)(F)C(F)(F)C(F)(F)C(F)(F)C(F)(F)C(F)(F)C(F)(F)C(F)(F)C(F)(F)C(F)(F)C(F)(F)F)c(N=C=O)c1. The molecule has 1 amide bonds. The van der Waals surface area contributed by atoms with E-state index < -0.39 is 101 Å². The van der Waals surface area contributed by atoms with Crippen molar-refractivity contribution in [3.05, 3.63) is 29.3 Å². The molecule has 1 N–H and O–H groups in total. The van der Waals surface area contributed by atoms with Crippen LogP contribution in [0.25, 0.3) is 0 Å². The average Bonchev–Trinajstić information content (AvgIpc) is 2.95. The summed E-state index contributed by atoms with van der Waals surface area (Å²) in [6, 6.07) is -0.0642. The maximum Gasteiger partial charge on any atom is 0.460 e. The highest BCUT2D eigenvalue weighted by atomic mass is 19.4. The molecule has 0 saturated heterocycles. The zero-order chi connectivity index (χ0) is 42.8. The summed E-state index contributed by atoms with van der Waals surface area (Å²) in [4.78, 5) is 25.8. The van der Waals surface area contributed by atoms with Gasteiger partial charge in [0.25, 0.3) is 5.91 Å². The fraction of sp³-hybridized carbons (Fsp3) is 0.667. The van der Waals surface area contributed by atoms with Gasteiger partial charge in [-0.1, -0.05) is 6.07 Å². The Morgan fingerprint density at radius 3 is 1.23 bits per heavy atom. The molecule has 0 aliphatic carbocycles. The third kappa shape index (κ3) is 6.71. The second kappa shape index (κ2) is 13.3. The first kappa shape index (κ1) is 47.3. The van der Waals surface area contributed by atoms with Crippen molar-refractivity contribution in [2.24, 2.45) is 4.99 Å². The lowest BCUT2D eigenvalue weighted by molar-refractivity contribution is -0.482. The monoisotopic (exact) mass is 836 g/mol. The van der Waals surface area contributed by atoms with E-state index in [1.54, 1.807) is 0 Å². The van der Waals surface area contributed by atoms with Gasteiger partial charge in [0.05, 0.1) is 11.3 Å². The van der Waals surface area contributed by atoms with Gasteiger partial charge in [-0.25, -0.2) is 4.79 Å². The van der Waals surface area contributed by atoms with Crippen molar-refractivity contribution in [2.75, 3.05) is 0 Å². The Kier molecular flexibility index (Phi) is 11.8. The maximum atomic E-state index is 14.4. The largest absolute Gasteiger partial charge is 0.460 e. The number of rotatable bonds is 15. The van der Waals surface area contributed by atoms with Gasteiger partial charge in [0.1, 0.15) is 0 Å². The Morgan fingerprint density at radius 1 is 0.585 bits per heavy atom. The highest BCUT2D eigenvalue weighted by Gasteiger charge is 2.99. The summed E-state index contributed by atoms with van der Waals surface area (Å²) in [5.74, 6) is -101. The third-order valence-corrected chi connectivity index (χ3v) is 6.87. The summed E-state index contributed by atoms with van der Waals surface area (Å²) in [6.45, 7) is 1.44. The van der Waals surface area contributed by atoms with Crippen LogP contribution in [0.5, 0.6) is 0 Å². The van der Waals surface area contributed by atoms with Gasteiger partial charge in [-0.2, -0.15) is 115 Å². The maximum absolute atomic E-state index is 14.4. The number of amides is 1. The Bertz CT molecular complexity index is 1570. The zero-order valence-electron chi connectivity index (χ0n) is 24.7. The van der Waals surface area contributed by atoms with Crippen LogP contribution < -0.4 is 5.32 Å². The van der Waals surface area contributed by atoms with Gasteiger partial charge in [-0.3, -0.25) is 4.79 Å². The van der Waals surface area contributed by atoms with Crippen molar-refractivity contribution in [3.63, 3.8) is 0 Å². The van der Waals surface area contributed by atoms with Crippen LogP contribution in [0, 0.1) is 6.92 Å². The predicted molar refractivity (Wildman–Crippen MR) is 121 cm³/mol. The lowest BCUT2D eigenvalue weighted by Gasteiger charge is -2.45. The number of isocyanates is 1. The number of halogens is 25. The van der Waals surface area contributed by atoms with Gasteiger partial charge >= 0.3 is 71.3 Å². The van der Waals surface area contributed by atoms with E-state index in [0.29, 0.717) is 0 Å². The van der Waals surface area contributed by atoms with E-state index in [2.05, 4.69) is 4.99 Å². The van der Waals surface area contributed by atoms with Crippen molar-refractivity contribution in [2.45, 2.75) is 97.6 Å². The molecule has 1 aromatic carbocycles. The van der Waals surface area contributed by atoms with E-state index >= 15 is 0 Å². The van der Waals surface area contributed by atoms with E-state index in [1.165, 1.54) is 12.2 Å². The van der Waals surface area contributed by atoms with E-state index in [-0.39, 0.29) is 12.5 Å². The standard InChI is InChI=1S/C24H13F25N2O2/c1-8-3-4-10(11(5-8)50-7-52)12(53)51-9(2)6-13(25,26)14(27,28)15(29,30)16(31,32)17(33,34)18(35,36)19(37,38)20(39,40)21(41,42)22(43,44)23(45,46)24(47,48)49/h3-5,9H,6H2,1-2H3,(H,51,53). The Balaban J connectivity index is 3.70. The van der Waals surface area contributed by atoms with Gasteiger partial charge in [-0.05, 0) is 31.5 Å². The number of carbonyl (C=O) groups is 1.